The maximum Gasteiger partial charge on any atom is 0.414 e. The van der Waals surface area contributed by atoms with E-state index >= 15 is 0 Å². The predicted octanol–water partition coefficient (Wildman–Crippen LogP) is 4.12. The molecule has 1 aromatic carbocycles. The number of carbonyl (C=O) groups excluding carboxylic acids is 1. The van der Waals surface area contributed by atoms with Crippen LogP contribution >= 0.6 is 0 Å². The molecule has 0 spiro atoms. The van der Waals surface area contributed by atoms with E-state index in [4.69, 9.17) is 4.74 Å². The number of carbonyl (C=O) groups is 1. The molecule has 2 rings (SSSR count). The number of nitrogens with one attached hydrogen (secondary N) is 1. The van der Waals surface area contributed by atoms with Gasteiger partial charge < -0.3 is 10.1 Å². The zero-order valence-corrected chi connectivity index (χ0v) is 15.1. The Bertz CT molecular complexity index is 549. The van der Waals surface area contributed by atoms with Crippen molar-refractivity contribution in [1.82, 2.24) is 5.32 Å². The molecule has 1 unspecified atom stereocenters. The molecule has 4 heteroatoms. The summed E-state index contributed by atoms with van der Waals surface area (Å²) in [5.41, 5.74) is 2.98. The molecule has 0 saturated carbocycles. The number of fused-ring (bicyclic) bond motifs is 1. The zero-order chi connectivity index (χ0) is 17.0. The lowest BCUT2D eigenvalue weighted by molar-refractivity contribution is 0.0583. The number of para-hydroxylation sites is 1. The quantitative estimate of drug-likeness (QED) is 0.888. The van der Waals surface area contributed by atoms with Gasteiger partial charge in [-0.25, -0.2) is 4.79 Å². The second kappa shape index (κ2) is 7.35. The molecule has 23 heavy (non-hydrogen) atoms. The summed E-state index contributed by atoms with van der Waals surface area (Å²) in [6.07, 6.45) is 1.82. The molecule has 1 aliphatic rings. The summed E-state index contributed by atoms with van der Waals surface area (Å²) in [6.45, 7) is 12.6. The number of hydrogen-bond donors (Lipinski definition) is 1. The van der Waals surface area contributed by atoms with Crippen LogP contribution in [-0.4, -0.2) is 24.8 Å². The first-order chi connectivity index (χ1) is 10.8. The zero-order valence-electron chi connectivity index (χ0n) is 15.1. The van der Waals surface area contributed by atoms with Crippen LogP contribution in [0.5, 0.6) is 0 Å². The normalized spacial score (nSPS) is 15.4. The van der Waals surface area contributed by atoms with Gasteiger partial charge in [-0.2, -0.15) is 0 Å². The molecule has 1 atom stereocenters. The summed E-state index contributed by atoms with van der Waals surface area (Å²) in [5.74, 6) is 0.661. The number of amides is 1. The van der Waals surface area contributed by atoms with E-state index in [1.54, 1.807) is 4.90 Å². The van der Waals surface area contributed by atoms with Gasteiger partial charge in [-0.1, -0.05) is 38.5 Å². The topological polar surface area (TPSA) is 41.6 Å². The first-order valence-corrected chi connectivity index (χ1v) is 8.63. The minimum Gasteiger partial charge on any atom is -0.443 e. The van der Waals surface area contributed by atoms with Gasteiger partial charge in [0, 0.05) is 13.1 Å². The second-order valence-corrected chi connectivity index (χ2v) is 7.45. The van der Waals surface area contributed by atoms with Crippen molar-refractivity contribution < 1.29 is 9.53 Å². The summed E-state index contributed by atoms with van der Waals surface area (Å²) in [6, 6.07) is 6.29. The van der Waals surface area contributed by atoms with E-state index in [1.807, 2.05) is 20.8 Å². The van der Waals surface area contributed by atoms with Gasteiger partial charge in [-0.3, -0.25) is 4.90 Å². The monoisotopic (exact) mass is 318 g/mol. The molecule has 4 nitrogen and oxygen atoms in total. The highest BCUT2D eigenvalue weighted by Gasteiger charge is 2.30. The first-order valence-electron chi connectivity index (χ1n) is 8.63. The highest BCUT2D eigenvalue weighted by molar-refractivity contribution is 5.91. The lowest BCUT2D eigenvalue weighted by atomic mass is 10.1. The molecule has 0 aliphatic carbocycles. The fraction of sp³-hybridized carbons (Fsp3) is 0.632. The van der Waals surface area contributed by atoms with Gasteiger partial charge in [0.05, 0.1) is 5.69 Å². The van der Waals surface area contributed by atoms with Gasteiger partial charge in [-0.15, -0.1) is 0 Å². The maximum atomic E-state index is 12.5. The lowest BCUT2D eigenvalue weighted by Crippen LogP contribution is -2.36. The molecule has 0 bridgehead atoms. The summed E-state index contributed by atoms with van der Waals surface area (Å²) >= 11 is 0. The molecule has 128 valence electrons. The van der Waals surface area contributed by atoms with Crippen LogP contribution in [0.15, 0.2) is 18.2 Å². The number of rotatable bonds is 5. The number of ether oxygens (including phenoxy) is 1. The third-order valence-electron chi connectivity index (χ3n) is 4.20. The van der Waals surface area contributed by atoms with Crippen LogP contribution in [0.2, 0.25) is 0 Å². The van der Waals surface area contributed by atoms with Crippen molar-refractivity contribution in [2.75, 3.05) is 18.0 Å². The molecule has 1 heterocycles. The Morgan fingerprint density at radius 2 is 2.13 bits per heavy atom. The third kappa shape index (κ3) is 4.71. The standard InChI is InChI=1S/C19H30N2O2/c1-6-14(2)12-20-13-16-9-7-8-15-10-11-21(17(15)16)18(22)23-19(3,4)5/h7-9,14,20H,6,10-13H2,1-5H3. The highest BCUT2D eigenvalue weighted by atomic mass is 16.6. The molecule has 1 amide bonds. The number of anilines is 1. The van der Waals surface area contributed by atoms with E-state index < -0.39 is 5.60 Å². The van der Waals surface area contributed by atoms with Crippen molar-refractivity contribution in [2.24, 2.45) is 5.92 Å². The molecule has 0 aromatic heterocycles. The SMILES string of the molecule is CCC(C)CNCc1cccc2c1N(C(=O)OC(C)(C)C)CC2. The Labute approximate surface area is 140 Å². The first kappa shape index (κ1) is 17.8. The van der Waals surface area contributed by atoms with Crippen LogP contribution in [0.4, 0.5) is 10.5 Å². The van der Waals surface area contributed by atoms with Crippen molar-refractivity contribution in [1.29, 1.82) is 0 Å². The third-order valence-corrected chi connectivity index (χ3v) is 4.20. The van der Waals surface area contributed by atoms with Gasteiger partial charge in [0.1, 0.15) is 5.60 Å². The van der Waals surface area contributed by atoms with Crippen molar-refractivity contribution >= 4 is 11.8 Å². The smallest absolute Gasteiger partial charge is 0.414 e. The molecular formula is C19H30N2O2. The van der Waals surface area contributed by atoms with E-state index in [9.17, 15) is 4.79 Å². The summed E-state index contributed by atoms with van der Waals surface area (Å²) in [5, 5.41) is 3.51. The lowest BCUT2D eigenvalue weighted by Gasteiger charge is -2.26. The number of hydrogen-bond acceptors (Lipinski definition) is 3. The van der Waals surface area contributed by atoms with Crippen molar-refractivity contribution in [3.05, 3.63) is 29.3 Å². The van der Waals surface area contributed by atoms with Gasteiger partial charge >= 0.3 is 6.09 Å². The van der Waals surface area contributed by atoms with Crippen LogP contribution in [0.3, 0.4) is 0 Å². The maximum absolute atomic E-state index is 12.5. The van der Waals surface area contributed by atoms with Crippen LogP contribution in [0.1, 0.15) is 52.2 Å². The van der Waals surface area contributed by atoms with E-state index in [2.05, 4.69) is 37.4 Å². The number of benzene rings is 1. The highest BCUT2D eigenvalue weighted by Crippen LogP contribution is 2.33. The van der Waals surface area contributed by atoms with E-state index in [0.29, 0.717) is 12.5 Å². The molecule has 1 aromatic rings. The molecule has 0 saturated heterocycles. The Hall–Kier alpha value is -1.55. The van der Waals surface area contributed by atoms with Crippen molar-refractivity contribution in [3.63, 3.8) is 0 Å². The van der Waals surface area contributed by atoms with E-state index in [-0.39, 0.29) is 6.09 Å². The molecular weight excluding hydrogens is 288 g/mol. The molecule has 0 fully saturated rings. The Morgan fingerprint density at radius 1 is 1.39 bits per heavy atom. The van der Waals surface area contributed by atoms with Crippen LogP contribution in [0.25, 0.3) is 0 Å². The molecule has 1 aliphatic heterocycles. The largest absolute Gasteiger partial charge is 0.443 e. The minimum absolute atomic E-state index is 0.245. The fourth-order valence-electron chi connectivity index (χ4n) is 2.78. The van der Waals surface area contributed by atoms with Crippen LogP contribution in [0, 0.1) is 5.92 Å². The van der Waals surface area contributed by atoms with Crippen molar-refractivity contribution in [2.45, 2.75) is 59.6 Å². The summed E-state index contributed by atoms with van der Waals surface area (Å²) < 4.78 is 5.56. The van der Waals surface area contributed by atoms with Gasteiger partial charge in [0.2, 0.25) is 0 Å². The average molecular weight is 318 g/mol. The van der Waals surface area contributed by atoms with E-state index in [0.717, 1.165) is 25.2 Å². The van der Waals surface area contributed by atoms with Gasteiger partial charge in [-0.05, 0) is 50.8 Å². The Balaban J connectivity index is 2.12. The minimum atomic E-state index is -0.469. The Kier molecular flexibility index (Phi) is 5.69. The summed E-state index contributed by atoms with van der Waals surface area (Å²) in [4.78, 5) is 14.3. The predicted molar refractivity (Wildman–Crippen MR) is 94.9 cm³/mol. The van der Waals surface area contributed by atoms with Gasteiger partial charge in [0.15, 0.2) is 0 Å². The number of nitrogens with zero attached hydrogens (tertiary/aromatic N) is 1. The Morgan fingerprint density at radius 3 is 2.78 bits per heavy atom. The van der Waals surface area contributed by atoms with Crippen molar-refractivity contribution in [3.8, 4) is 0 Å². The second-order valence-electron chi connectivity index (χ2n) is 7.45. The van der Waals surface area contributed by atoms with E-state index in [1.165, 1.54) is 17.5 Å². The van der Waals surface area contributed by atoms with Crippen LogP contribution < -0.4 is 10.2 Å². The molecule has 0 radical (unpaired) electrons. The summed E-state index contributed by atoms with van der Waals surface area (Å²) in [7, 11) is 0. The van der Waals surface area contributed by atoms with Crippen LogP contribution in [-0.2, 0) is 17.7 Å². The van der Waals surface area contributed by atoms with Gasteiger partial charge in [0.25, 0.3) is 0 Å². The fourth-order valence-corrected chi connectivity index (χ4v) is 2.78. The molecule has 1 N–H and O–H groups in total. The average Bonchev–Trinajstić information content (AvgIpc) is 2.90.